The summed E-state index contributed by atoms with van der Waals surface area (Å²) in [5.74, 6) is -0.204. The van der Waals surface area contributed by atoms with Crippen LogP contribution in [0.15, 0.2) is 43.8 Å². The molecule has 0 spiro atoms. The van der Waals surface area contributed by atoms with Crippen LogP contribution >= 0.6 is 0 Å². The first-order chi connectivity index (χ1) is 6.29. The Bertz CT molecular complexity index is 345. The molecule has 0 saturated carbocycles. The standard InChI is InChI=1S/C10H10N2O/c1-3-9(13)10-8(11-4-2)6-5-7-12-10/h3-7,11H,1-2H2. The molecule has 0 atom stereocenters. The van der Waals surface area contributed by atoms with Crippen molar-refractivity contribution in [2.24, 2.45) is 0 Å². The Labute approximate surface area is 76.8 Å². The molecular formula is C10H10N2O. The number of allylic oxidation sites excluding steroid dienone is 1. The summed E-state index contributed by atoms with van der Waals surface area (Å²) in [6.07, 6.45) is 4.29. The summed E-state index contributed by atoms with van der Waals surface area (Å²) >= 11 is 0. The van der Waals surface area contributed by atoms with Crippen molar-refractivity contribution in [1.82, 2.24) is 4.98 Å². The van der Waals surface area contributed by atoms with E-state index in [1.165, 1.54) is 12.3 Å². The van der Waals surface area contributed by atoms with Crippen molar-refractivity contribution < 1.29 is 4.79 Å². The predicted molar refractivity (Wildman–Crippen MR) is 52.6 cm³/mol. The van der Waals surface area contributed by atoms with E-state index in [-0.39, 0.29) is 5.78 Å². The second-order valence-corrected chi connectivity index (χ2v) is 2.32. The van der Waals surface area contributed by atoms with Crippen LogP contribution in [0.2, 0.25) is 0 Å². The van der Waals surface area contributed by atoms with E-state index >= 15 is 0 Å². The van der Waals surface area contributed by atoms with E-state index in [1.807, 2.05) is 0 Å². The first-order valence-electron chi connectivity index (χ1n) is 3.79. The highest BCUT2D eigenvalue weighted by Crippen LogP contribution is 2.12. The van der Waals surface area contributed by atoms with Crippen LogP contribution in [0.3, 0.4) is 0 Å². The maximum atomic E-state index is 11.3. The molecule has 0 amide bonds. The maximum absolute atomic E-state index is 11.3. The fourth-order valence-electron chi connectivity index (χ4n) is 0.925. The molecule has 3 heteroatoms. The number of hydrogen-bond donors (Lipinski definition) is 1. The second kappa shape index (κ2) is 4.21. The number of nitrogens with one attached hydrogen (secondary N) is 1. The number of nitrogens with zero attached hydrogens (tertiary/aromatic N) is 1. The quantitative estimate of drug-likeness (QED) is 0.560. The first-order valence-corrected chi connectivity index (χ1v) is 3.79. The molecule has 0 aliphatic heterocycles. The summed E-state index contributed by atoms with van der Waals surface area (Å²) in [6, 6.07) is 3.50. The molecule has 66 valence electrons. The SMILES string of the molecule is C=CNc1cccnc1C(=O)C=C. The Hall–Kier alpha value is -1.90. The summed E-state index contributed by atoms with van der Waals surface area (Å²) in [5, 5.41) is 2.82. The largest absolute Gasteiger partial charge is 0.360 e. The molecule has 1 N–H and O–H groups in total. The predicted octanol–water partition coefficient (Wildman–Crippen LogP) is 2.01. The summed E-state index contributed by atoms with van der Waals surface area (Å²) in [5.41, 5.74) is 1.000. The summed E-state index contributed by atoms with van der Waals surface area (Å²) < 4.78 is 0. The molecule has 1 aromatic rings. The van der Waals surface area contributed by atoms with Gasteiger partial charge >= 0.3 is 0 Å². The first kappa shape index (κ1) is 9.19. The second-order valence-electron chi connectivity index (χ2n) is 2.32. The van der Waals surface area contributed by atoms with Crippen LogP contribution in [0.4, 0.5) is 5.69 Å². The molecular weight excluding hydrogens is 164 g/mol. The molecule has 0 aliphatic carbocycles. The van der Waals surface area contributed by atoms with Gasteiger partial charge in [-0.1, -0.05) is 13.2 Å². The van der Waals surface area contributed by atoms with E-state index in [1.54, 1.807) is 18.3 Å². The molecule has 0 saturated heterocycles. The van der Waals surface area contributed by atoms with Gasteiger partial charge in [0, 0.05) is 6.20 Å². The molecule has 0 bridgehead atoms. The van der Waals surface area contributed by atoms with E-state index in [0.29, 0.717) is 11.4 Å². The number of pyridine rings is 1. The number of carbonyl (C=O) groups excluding carboxylic acids is 1. The van der Waals surface area contributed by atoms with Crippen LogP contribution in [0.25, 0.3) is 0 Å². The Morgan fingerprint density at radius 1 is 1.54 bits per heavy atom. The molecule has 1 heterocycles. The molecule has 3 nitrogen and oxygen atoms in total. The van der Waals surface area contributed by atoms with Crippen LogP contribution in [0, 0.1) is 0 Å². The fraction of sp³-hybridized carbons (Fsp3) is 0. The minimum absolute atomic E-state index is 0.204. The van der Waals surface area contributed by atoms with E-state index in [0.717, 1.165) is 0 Å². The van der Waals surface area contributed by atoms with Gasteiger partial charge in [0.05, 0.1) is 5.69 Å². The van der Waals surface area contributed by atoms with Gasteiger partial charge in [0.15, 0.2) is 0 Å². The number of ketones is 1. The zero-order valence-corrected chi connectivity index (χ0v) is 7.16. The number of carbonyl (C=O) groups is 1. The normalized spacial score (nSPS) is 8.92. The topological polar surface area (TPSA) is 42.0 Å². The highest BCUT2D eigenvalue weighted by molar-refractivity contribution is 6.06. The van der Waals surface area contributed by atoms with Gasteiger partial charge in [-0.25, -0.2) is 0 Å². The summed E-state index contributed by atoms with van der Waals surface area (Å²) in [6.45, 7) is 6.90. The molecule has 1 aromatic heterocycles. The zero-order chi connectivity index (χ0) is 9.68. The van der Waals surface area contributed by atoms with Gasteiger partial charge in [0.1, 0.15) is 5.69 Å². The molecule has 0 unspecified atom stereocenters. The lowest BCUT2D eigenvalue weighted by Crippen LogP contribution is -2.02. The highest BCUT2D eigenvalue weighted by Gasteiger charge is 2.07. The van der Waals surface area contributed by atoms with Gasteiger partial charge in [-0.3, -0.25) is 9.78 Å². The highest BCUT2D eigenvalue weighted by atomic mass is 16.1. The molecule has 0 fully saturated rings. The van der Waals surface area contributed by atoms with Gasteiger partial charge in [-0.15, -0.1) is 0 Å². The minimum atomic E-state index is -0.204. The monoisotopic (exact) mass is 174 g/mol. The van der Waals surface area contributed by atoms with Gasteiger partial charge in [0.2, 0.25) is 5.78 Å². The van der Waals surface area contributed by atoms with Gasteiger partial charge in [-0.05, 0) is 24.4 Å². The molecule has 1 rings (SSSR count). The van der Waals surface area contributed by atoms with Crippen molar-refractivity contribution in [2.75, 3.05) is 5.32 Å². The lowest BCUT2D eigenvalue weighted by atomic mass is 10.2. The fourth-order valence-corrected chi connectivity index (χ4v) is 0.925. The van der Waals surface area contributed by atoms with Crippen molar-refractivity contribution in [3.63, 3.8) is 0 Å². The van der Waals surface area contributed by atoms with Gasteiger partial charge in [0.25, 0.3) is 0 Å². The Kier molecular flexibility index (Phi) is 2.97. The molecule has 0 radical (unpaired) electrons. The van der Waals surface area contributed by atoms with E-state index in [2.05, 4.69) is 23.5 Å². The third-order valence-corrected chi connectivity index (χ3v) is 1.48. The van der Waals surface area contributed by atoms with Crippen molar-refractivity contribution in [1.29, 1.82) is 0 Å². The van der Waals surface area contributed by atoms with Crippen LogP contribution in [0.5, 0.6) is 0 Å². The van der Waals surface area contributed by atoms with Gasteiger partial charge < -0.3 is 5.32 Å². The summed E-state index contributed by atoms with van der Waals surface area (Å²) in [4.78, 5) is 15.2. The van der Waals surface area contributed by atoms with E-state index < -0.39 is 0 Å². The van der Waals surface area contributed by atoms with Crippen molar-refractivity contribution >= 4 is 11.5 Å². The zero-order valence-electron chi connectivity index (χ0n) is 7.16. The number of hydrogen-bond acceptors (Lipinski definition) is 3. The average Bonchev–Trinajstić information content (AvgIpc) is 2.18. The lowest BCUT2D eigenvalue weighted by molar-refractivity contribution is 0.104. The Balaban J connectivity index is 3.10. The lowest BCUT2D eigenvalue weighted by Gasteiger charge is -2.03. The van der Waals surface area contributed by atoms with E-state index in [9.17, 15) is 4.79 Å². The molecule has 0 aromatic carbocycles. The number of aromatic nitrogens is 1. The molecule has 13 heavy (non-hydrogen) atoms. The third kappa shape index (κ3) is 2.02. The summed E-state index contributed by atoms with van der Waals surface area (Å²) in [7, 11) is 0. The number of rotatable bonds is 4. The van der Waals surface area contributed by atoms with Crippen molar-refractivity contribution in [3.05, 3.63) is 49.5 Å². The Morgan fingerprint density at radius 3 is 2.92 bits per heavy atom. The third-order valence-electron chi connectivity index (χ3n) is 1.48. The minimum Gasteiger partial charge on any atom is -0.360 e. The maximum Gasteiger partial charge on any atom is 0.205 e. The average molecular weight is 174 g/mol. The molecule has 0 aliphatic rings. The number of anilines is 1. The smallest absolute Gasteiger partial charge is 0.205 e. The van der Waals surface area contributed by atoms with Crippen LogP contribution in [-0.2, 0) is 0 Å². The van der Waals surface area contributed by atoms with Crippen LogP contribution < -0.4 is 5.32 Å². The van der Waals surface area contributed by atoms with Crippen molar-refractivity contribution in [2.45, 2.75) is 0 Å². The van der Waals surface area contributed by atoms with Crippen LogP contribution in [-0.4, -0.2) is 10.8 Å². The van der Waals surface area contributed by atoms with Gasteiger partial charge in [-0.2, -0.15) is 0 Å². The Morgan fingerprint density at radius 2 is 2.31 bits per heavy atom. The van der Waals surface area contributed by atoms with Crippen LogP contribution in [0.1, 0.15) is 10.5 Å². The van der Waals surface area contributed by atoms with Crippen molar-refractivity contribution in [3.8, 4) is 0 Å². The van der Waals surface area contributed by atoms with E-state index in [4.69, 9.17) is 0 Å².